The summed E-state index contributed by atoms with van der Waals surface area (Å²) in [5, 5.41) is 69.7. The number of carbonyl (C=O) groups excluding carboxylic acids is 1. The summed E-state index contributed by atoms with van der Waals surface area (Å²) >= 11 is 12.3. The molecule has 44 heavy (non-hydrogen) atoms. The van der Waals surface area contributed by atoms with Crippen LogP contribution < -0.4 is 0 Å². The first-order valence-electron chi connectivity index (χ1n) is 14.6. The van der Waals surface area contributed by atoms with E-state index in [2.05, 4.69) is 0 Å². The van der Waals surface area contributed by atoms with Crippen molar-refractivity contribution in [2.45, 2.75) is 101 Å². The van der Waals surface area contributed by atoms with Gasteiger partial charge in [0.05, 0.1) is 41.8 Å². The molecule has 10 atom stereocenters. The van der Waals surface area contributed by atoms with Gasteiger partial charge in [0.2, 0.25) is 0 Å². The van der Waals surface area contributed by atoms with Crippen molar-refractivity contribution in [3.63, 3.8) is 0 Å². The lowest BCUT2D eigenvalue weighted by Gasteiger charge is -2.30. The molecule has 248 valence electrons. The van der Waals surface area contributed by atoms with Crippen molar-refractivity contribution in [2.75, 3.05) is 0 Å². The van der Waals surface area contributed by atoms with Crippen LogP contribution in [0, 0.1) is 11.8 Å². The third-order valence-electron chi connectivity index (χ3n) is 7.24. The normalized spacial score (nSPS) is 25.3. The summed E-state index contributed by atoms with van der Waals surface area (Å²) in [6, 6.07) is 0. The number of aliphatic hydroxyl groups excluding tert-OH is 6. The summed E-state index contributed by atoms with van der Waals surface area (Å²) in [6.07, 6.45) is 7.79. The highest BCUT2D eigenvalue weighted by molar-refractivity contribution is 6.30. The van der Waals surface area contributed by atoms with Gasteiger partial charge in [-0.05, 0) is 32.3 Å². The van der Waals surface area contributed by atoms with Gasteiger partial charge in [-0.25, -0.2) is 4.79 Å². The Bertz CT molecular complexity index is 1080. The third-order valence-corrected chi connectivity index (χ3v) is 8.26. The van der Waals surface area contributed by atoms with Crippen molar-refractivity contribution >= 4 is 35.1 Å². The zero-order valence-corrected chi connectivity index (χ0v) is 26.7. The average Bonchev–Trinajstić information content (AvgIpc) is 2.99. The van der Waals surface area contributed by atoms with Crippen LogP contribution in [-0.4, -0.2) is 95.8 Å². The number of ether oxygens (including phenoxy) is 1. The second-order valence-corrected chi connectivity index (χ2v) is 11.8. The second-order valence-electron chi connectivity index (χ2n) is 10.9. The molecule has 0 saturated heterocycles. The molecule has 0 aromatic carbocycles. The van der Waals surface area contributed by atoms with E-state index in [1.807, 2.05) is 13.8 Å². The zero-order chi connectivity index (χ0) is 33.4. The number of carboxylic acids is 1. The summed E-state index contributed by atoms with van der Waals surface area (Å²) in [5.41, 5.74) is 0.814. The molecule has 1 saturated carbocycles. The summed E-state index contributed by atoms with van der Waals surface area (Å²) in [7, 11) is 0. The van der Waals surface area contributed by atoms with Gasteiger partial charge in [0.25, 0.3) is 0 Å². The predicted octanol–water partition coefficient (Wildman–Crippen LogP) is 3.29. The Labute approximate surface area is 269 Å². The Hall–Kier alpha value is -2.28. The molecule has 7 N–H and O–H groups in total. The first-order valence-corrected chi connectivity index (χ1v) is 15.4. The van der Waals surface area contributed by atoms with Gasteiger partial charge in [0.15, 0.2) is 0 Å². The fourth-order valence-electron chi connectivity index (χ4n) is 4.37. The molecule has 0 amide bonds. The zero-order valence-electron chi connectivity index (χ0n) is 25.2. The molecule has 0 spiro atoms. The Kier molecular flexibility index (Phi) is 18.7. The number of carboxylic acid groups (broad SMARTS) is 1. The molecular weight excluding hydrogens is 615 g/mol. The molecule has 7 unspecified atom stereocenters. The molecule has 10 nitrogen and oxygen atoms in total. The number of halogens is 2. The second kappa shape index (κ2) is 20.7. The largest absolute Gasteiger partial charge is 0.481 e. The third kappa shape index (κ3) is 14.2. The van der Waals surface area contributed by atoms with E-state index in [9.17, 15) is 40.2 Å². The summed E-state index contributed by atoms with van der Waals surface area (Å²) in [6.45, 7) is 5.24. The van der Waals surface area contributed by atoms with Crippen LogP contribution in [0.4, 0.5) is 0 Å². The monoisotopic (exact) mass is 660 g/mol. The maximum atomic E-state index is 12.0. The number of rotatable bonds is 17. The fourth-order valence-corrected chi connectivity index (χ4v) is 4.76. The summed E-state index contributed by atoms with van der Waals surface area (Å²) < 4.78 is 5.21. The maximum Gasteiger partial charge on any atom is 0.331 e. The molecule has 0 radical (unpaired) electrons. The van der Waals surface area contributed by atoms with Crippen LogP contribution in [0.15, 0.2) is 71.4 Å². The lowest BCUT2D eigenvalue weighted by Crippen LogP contribution is -2.44. The van der Waals surface area contributed by atoms with Gasteiger partial charge in [-0.1, -0.05) is 79.6 Å². The molecule has 0 aliphatic heterocycles. The highest BCUT2D eigenvalue weighted by Crippen LogP contribution is 2.27. The standard InChI is InChI=1S/C32H46Cl2O10/c1-4-5-13-24(36)29(34)25(37)18-26(38)31(41)30(40)20(3)22(33)12-8-6-10-19(2)11-7-9-14-28(39)44-27-17-21(32(42)43)15-16-23(27)35/h5-14,20-21,23-27,29-31,35-38,40-41H,4,15-18H2,1-3H3,(H,42,43)/b8-6+,11-7+,13-5+,14-9+,19-10+,22-12-/t20?,21-,23-,24?,25?,26?,27+,29?,30?,31?/m1/s1. The molecule has 1 rings (SSSR count). The van der Waals surface area contributed by atoms with Gasteiger partial charge in [-0.2, -0.15) is 0 Å². The molecule has 0 heterocycles. The first-order chi connectivity index (χ1) is 20.7. The average molecular weight is 662 g/mol. The van der Waals surface area contributed by atoms with Crippen molar-refractivity contribution in [3.05, 3.63) is 71.4 Å². The Balaban J connectivity index is 2.60. The minimum atomic E-state index is -1.63. The molecule has 12 heteroatoms. The molecule has 0 aromatic heterocycles. The van der Waals surface area contributed by atoms with Crippen LogP contribution in [0.2, 0.25) is 0 Å². The number of carbonyl (C=O) groups is 2. The van der Waals surface area contributed by atoms with Crippen molar-refractivity contribution < 1.29 is 50.1 Å². The molecule has 1 fully saturated rings. The Morgan fingerprint density at radius 2 is 1.59 bits per heavy atom. The van der Waals surface area contributed by atoms with Crippen LogP contribution in [-0.2, 0) is 14.3 Å². The lowest BCUT2D eigenvalue weighted by molar-refractivity contribution is -0.159. The first kappa shape index (κ1) is 39.7. The SMILES string of the molecule is CC/C=C/C(O)C(Cl)C(O)CC(O)C(O)C(O)C(C)/C(Cl)=C/C=C/C=C(C)/C=C/C=C/C(=O)O[C@H]1C[C@H](C(=O)O)CC[C@H]1O. The van der Waals surface area contributed by atoms with Crippen molar-refractivity contribution in [2.24, 2.45) is 11.8 Å². The number of alkyl halides is 1. The number of aliphatic carboxylic acids is 1. The van der Waals surface area contributed by atoms with E-state index in [1.54, 1.807) is 43.4 Å². The number of aliphatic hydroxyl groups is 6. The Morgan fingerprint density at radius 1 is 0.955 bits per heavy atom. The lowest BCUT2D eigenvalue weighted by atomic mass is 9.85. The molecule has 0 bridgehead atoms. The Morgan fingerprint density at radius 3 is 2.23 bits per heavy atom. The van der Waals surface area contributed by atoms with E-state index >= 15 is 0 Å². The predicted molar refractivity (Wildman–Crippen MR) is 169 cm³/mol. The van der Waals surface area contributed by atoms with Gasteiger partial charge in [-0.3, -0.25) is 4.79 Å². The fraction of sp³-hybridized carbons (Fsp3) is 0.562. The van der Waals surface area contributed by atoms with E-state index in [4.69, 9.17) is 33.0 Å². The smallest absolute Gasteiger partial charge is 0.331 e. The highest BCUT2D eigenvalue weighted by Gasteiger charge is 2.35. The number of hydrogen-bond acceptors (Lipinski definition) is 9. The van der Waals surface area contributed by atoms with Crippen LogP contribution in [0.25, 0.3) is 0 Å². The summed E-state index contributed by atoms with van der Waals surface area (Å²) in [5.74, 6) is -3.06. The van der Waals surface area contributed by atoms with Crippen LogP contribution >= 0.6 is 23.2 Å². The van der Waals surface area contributed by atoms with Crippen molar-refractivity contribution in [1.29, 1.82) is 0 Å². The quantitative estimate of drug-likeness (QED) is 0.0401. The van der Waals surface area contributed by atoms with E-state index in [-0.39, 0.29) is 24.3 Å². The molecule has 1 aliphatic carbocycles. The number of esters is 1. The van der Waals surface area contributed by atoms with Crippen molar-refractivity contribution in [1.82, 2.24) is 0 Å². The minimum absolute atomic E-state index is 0.0705. The summed E-state index contributed by atoms with van der Waals surface area (Å²) in [4.78, 5) is 23.2. The van der Waals surface area contributed by atoms with Crippen LogP contribution in [0.1, 0.15) is 52.9 Å². The van der Waals surface area contributed by atoms with E-state index in [0.717, 1.165) is 5.57 Å². The maximum absolute atomic E-state index is 12.0. The van der Waals surface area contributed by atoms with Gasteiger partial charge in [-0.15, -0.1) is 11.6 Å². The molecule has 0 aromatic rings. The van der Waals surface area contributed by atoms with E-state index < -0.39 is 71.9 Å². The van der Waals surface area contributed by atoms with Crippen LogP contribution in [0.3, 0.4) is 0 Å². The van der Waals surface area contributed by atoms with Gasteiger partial charge in [0.1, 0.15) is 12.2 Å². The number of hydrogen-bond donors (Lipinski definition) is 7. The van der Waals surface area contributed by atoms with E-state index in [1.165, 1.54) is 24.3 Å². The van der Waals surface area contributed by atoms with Gasteiger partial charge >= 0.3 is 11.9 Å². The van der Waals surface area contributed by atoms with Crippen LogP contribution in [0.5, 0.6) is 0 Å². The van der Waals surface area contributed by atoms with E-state index in [0.29, 0.717) is 12.8 Å². The van der Waals surface area contributed by atoms with Crippen molar-refractivity contribution in [3.8, 4) is 0 Å². The van der Waals surface area contributed by atoms with Gasteiger partial charge < -0.3 is 40.5 Å². The topological polar surface area (TPSA) is 185 Å². The van der Waals surface area contributed by atoms with Gasteiger partial charge in [0, 0.05) is 29.9 Å². The highest BCUT2D eigenvalue weighted by atomic mass is 35.5. The minimum Gasteiger partial charge on any atom is -0.481 e. The molecule has 1 aliphatic rings. The number of allylic oxidation sites excluding steroid dienone is 9. The molecular formula is C32H46Cl2O10.